The summed E-state index contributed by atoms with van der Waals surface area (Å²) in [6.45, 7) is 6.95. The minimum atomic E-state index is -0.910. The Morgan fingerprint density at radius 2 is 2.10 bits per heavy atom. The van der Waals surface area contributed by atoms with Gasteiger partial charge in [0.05, 0.1) is 5.56 Å². The first-order valence-electron chi connectivity index (χ1n) is 6.81. The van der Waals surface area contributed by atoms with Crippen LogP contribution in [0.5, 0.6) is 0 Å². The summed E-state index contributed by atoms with van der Waals surface area (Å²) >= 11 is 1.87. The molecule has 0 atom stereocenters. The quantitative estimate of drug-likeness (QED) is 0.871. The lowest BCUT2D eigenvalue weighted by Crippen LogP contribution is -2.21. The largest absolute Gasteiger partial charge is 0.478 e. The number of nitrogens with zero attached hydrogens (tertiary/aromatic N) is 1. The highest BCUT2D eigenvalue weighted by Crippen LogP contribution is 2.47. The van der Waals surface area contributed by atoms with Gasteiger partial charge >= 0.3 is 5.97 Å². The minimum Gasteiger partial charge on any atom is -0.478 e. The monoisotopic (exact) mass is 294 g/mol. The third-order valence-corrected chi connectivity index (χ3v) is 5.09. The molecule has 0 bridgehead atoms. The fourth-order valence-electron chi connectivity index (χ4n) is 1.97. The smallest absolute Gasteiger partial charge is 0.335 e. The van der Waals surface area contributed by atoms with Gasteiger partial charge in [0.2, 0.25) is 0 Å². The number of pyridine rings is 1. The number of carboxylic acids is 1. The molecular formula is C15H22N2O2S. The van der Waals surface area contributed by atoms with Crippen molar-refractivity contribution < 1.29 is 9.90 Å². The van der Waals surface area contributed by atoms with E-state index in [0.717, 1.165) is 12.2 Å². The third kappa shape index (κ3) is 3.45. The van der Waals surface area contributed by atoms with Gasteiger partial charge in [-0.3, -0.25) is 0 Å². The zero-order valence-corrected chi connectivity index (χ0v) is 13.3. The molecule has 0 spiro atoms. The molecule has 0 aliphatic heterocycles. The van der Waals surface area contributed by atoms with Crippen LogP contribution in [0.4, 0.5) is 5.82 Å². The van der Waals surface area contributed by atoms with E-state index in [0.29, 0.717) is 16.1 Å². The van der Waals surface area contributed by atoms with Crippen molar-refractivity contribution in [3.8, 4) is 0 Å². The first kappa shape index (κ1) is 15.2. The molecule has 2 rings (SSSR count). The summed E-state index contributed by atoms with van der Waals surface area (Å²) in [5.74, 6) is -0.248. The molecule has 110 valence electrons. The van der Waals surface area contributed by atoms with E-state index < -0.39 is 5.97 Å². The van der Waals surface area contributed by atoms with Crippen LogP contribution in [0.2, 0.25) is 0 Å². The van der Waals surface area contributed by atoms with Crippen LogP contribution in [-0.4, -0.2) is 33.6 Å². The van der Waals surface area contributed by atoms with Gasteiger partial charge in [0.15, 0.2) is 0 Å². The van der Waals surface area contributed by atoms with E-state index in [-0.39, 0.29) is 5.41 Å². The second-order valence-corrected chi connectivity index (χ2v) is 7.70. The van der Waals surface area contributed by atoms with Crippen molar-refractivity contribution in [2.75, 3.05) is 18.1 Å². The van der Waals surface area contributed by atoms with Crippen molar-refractivity contribution in [2.45, 2.75) is 43.8 Å². The molecular weight excluding hydrogens is 272 g/mol. The Morgan fingerprint density at radius 3 is 2.55 bits per heavy atom. The van der Waals surface area contributed by atoms with E-state index in [1.807, 2.05) is 32.5 Å². The number of rotatable bonds is 5. The van der Waals surface area contributed by atoms with Gasteiger partial charge in [0.25, 0.3) is 0 Å². The van der Waals surface area contributed by atoms with Crippen LogP contribution in [0.15, 0.2) is 12.1 Å². The van der Waals surface area contributed by atoms with Gasteiger partial charge in [-0.15, -0.1) is 0 Å². The summed E-state index contributed by atoms with van der Waals surface area (Å²) in [6.07, 6.45) is 4.55. The second kappa shape index (κ2) is 5.28. The predicted octanol–water partition coefficient (Wildman–Crippen LogP) is 3.38. The molecule has 0 amide bonds. The molecule has 1 heterocycles. The van der Waals surface area contributed by atoms with Crippen LogP contribution in [0.25, 0.3) is 0 Å². The van der Waals surface area contributed by atoms with Gasteiger partial charge in [-0.25, -0.2) is 9.78 Å². The number of carboxylic acid groups (broad SMARTS) is 1. The Balaban J connectivity index is 2.23. The molecule has 1 aromatic rings. The first-order valence-corrected chi connectivity index (χ1v) is 8.03. The molecule has 1 aliphatic carbocycles. The van der Waals surface area contributed by atoms with Crippen molar-refractivity contribution in [2.24, 2.45) is 0 Å². The number of aromatic carboxylic acids is 1. The van der Waals surface area contributed by atoms with Crippen LogP contribution in [0.1, 0.15) is 49.7 Å². The average molecular weight is 294 g/mol. The molecule has 1 aliphatic rings. The zero-order chi connectivity index (χ0) is 15.0. The van der Waals surface area contributed by atoms with Gasteiger partial charge in [0.1, 0.15) is 5.82 Å². The molecule has 1 aromatic heterocycles. The highest BCUT2D eigenvalue weighted by atomic mass is 32.2. The van der Waals surface area contributed by atoms with E-state index in [2.05, 4.69) is 16.6 Å². The lowest BCUT2D eigenvalue weighted by Gasteiger charge is -2.20. The molecule has 0 radical (unpaired) electrons. The molecule has 0 aromatic carbocycles. The zero-order valence-electron chi connectivity index (χ0n) is 12.5. The van der Waals surface area contributed by atoms with Crippen molar-refractivity contribution in [3.63, 3.8) is 0 Å². The number of carbonyl (C=O) groups is 1. The summed E-state index contributed by atoms with van der Waals surface area (Å²) in [6, 6.07) is 3.28. The topological polar surface area (TPSA) is 62.2 Å². The summed E-state index contributed by atoms with van der Waals surface area (Å²) in [7, 11) is 0. The van der Waals surface area contributed by atoms with Crippen molar-refractivity contribution >= 4 is 23.5 Å². The maximum atomic E-state index is 11.2. The van der Waals surface area contributed by atoms with Crippen LogP contribution in [0.3, 0.4) is 0 Å². The molecule has 20 heavy (non-hydrogen) atoms. The number of anilines is 1. The van der Waals surface area contributed by atoms with Crippen molar-refractivity contribution in [3.05, 3.63) is 23.4 Å². The van der Waals surface area contributed by atoms with E-state index >= 15 is 0 Å². The Hall–Kier alpha value is -1.23. The van der Waals surface area contributed by atoms with Gasteiger partial charge in [-0.05, 0) is 31.2 Å². The van der Waals surface area contributed by atoms with E-state index in [9.17, 15) is 9.90 Å². The Labute approximate surface area is 124 Å². The SMILES string of the molecule is CSC1(CNc2cc(C(=O)O)cc(C(C)(C)C)n2)CC1. The van der Waals surface area contributed by atoms with E-state index in [1.54, 1.807) is 12.1 Å². The fourth-order valence-corrected chi connectivity index (χ4v) is 2.70. The molecule has 0 saturated heterocycles. The van der Waals surface area contributed by atoms with Crippen molar-refractivity contribution in [1.29, 1.82) is 0 Å². The highest BCUT2D eigenvalue weighted by molar-refractivity contribution is 8.00. The first-order chi connectivity index (χ1) is 9.26. The summed E-state index contributed by atoms with van der Waals surface area (Å²) < 4.78 is 0.322. The number of thioether (sulfide) groups is 1. The number of hydrogen-bond donors (Lipinski definition) is 2. The van der Waals surface area contributed by atoms with Gasteiger partial charge in [0, 0.05) is 22.4 Å². The maximum absolute atomic E-state index is 11.2. The molecule has 1 saturated carbocycles. The lowest BCUT2D eigenvalue weighted by atomic mass is 9.91. The molecule has 5 heteroatoms. The number of hydrogen-bond acceptors (Lipinski definition) is 4. The Bertz CT molecular complexity index is 519. The Kier molecular flexibility index (Phi) is 4.00. The van der Waals surface area contributed by atoms with Crippen molar-refractivity contribution in [1.82, 2.24) is 4.98 Å². The highest BCUT2D eigenvalue weighted by Gasteiger charge is 2.41. The van der Waals surface area contributed by atoms with Gasteiger partial charge < -0.3 is 10.4 Å². The Morgan fingerprint density at radius 1 is 1.45 bits per heavy atom. The van der Waals surface area contributed by atoms with E-state index in [1.165, 1.54) is 12.8 Å². The van der Waals surface area contributed by atoms with E-state index in [4.69, 9.17) is 0 Å². The van der Waals surface area contributed by atoms with Gasteiger partial charge in [-0.1, -0.05) is 20.8 Å². The number of aromatic nitrogens is 1. The third-order valence-electron chi connectivity index (χ3n) is 3.67. The summed E-state index contributed by atoms with van der Waals surface area (Å²) in [5, 5.41) is 12.5. The van der Waals surface area contributed by atoms with Crippen LogP contribution in [-0.2, 0) is 5.41 Å². The second-order valence-electron chi connectivity index (χ2n) is 6.42. The standard InChI is InChI=1S/C15H22N2O2S/c1-14(2,3)11-7-10(13(18)19)8-12(17-11)16-9-15(20-4)5-6-15/h7-8H,5-6,9H2,1-4H3,(H,16,17)(H,18,19). The fraction of sp³-hybridized carbons (Fsp3) is 0.600. The summed E-state index contributed by atoms with van der Waals surface area (Å²) in [4.78, 5) is 15.8. The van der Waals surface area contributed by atoms with Crippen LogP contribution in [0, 0.1) is 0 Å². The predicted molar refractivity (Wildman–Crippen MR) is 83.9 cm³/mol. The van der Waals surface area contributed by atoms with Crippen LogP contribution < -0.4 is 5.32 Å². The van der Waals surface area contributed by atoms with Crippen LogP contribution >= 0.6 is 11.8 Å². The normalized spacial score (nSPS) is 16.8. The number of nitrogens with one attached hydrogen (secondary N) is 1. The molecule has 1 fully saturated rings. The molecule has 2 N–H and O–H groups in total. The molecule has 4 nitrogen and oxygen atoms in total. The molecule has 0 unspecified atom stereocenters. The van der Waals surface area contributed by atoms with Gasteiger partial charge in [-0.2, -0.15) is 11.8 Å². The summed E-state index contributed by atoms with van der Waals surface area (Å²) in [5.41, 5.74) is 0.925. The minimum absolute atomic E-state index is 0.168. The lowest BCUT2D eigenvalue weighted by molar-refractivity contribution is 0.0696. The maximum Gasteiger partial charge on any atom is 0.335 e. The average Bonchev–Trinajstić information content (AvgIpc) is 3.15.